The van der Waals surface area contributed by atoms with Gasteiger partial charge in [0.1, 0.15) is 12.2 Å². The van der Waals surface area contributed by atoms with Crippen LogP contribution in [0.1, 0.15) is 31.5 Å². The van der Waals surface area contributed by atoms with Crippen molar-refractivity contribution in [1.82, 2.24) is 25.0 Å². The second kappa shape index (κ2) is 6.12. The summed E-state index contributed by atoms with van der Waals surface area (Å²) in [6.45, 7) is 2.93. The molecule has 1 saturated carbocycles. The number of nitrogens with zero attached hydrogens (tertiary/aromatic N) is 4. The molecule has 0 bridgehead atoms. The average Bonchev–Trinajstić information content (AvgIpc) is 2.96. The average molecular weight is 237 g/mol. The topological polar surface area (TPSA) is 46.0 Å². The fraction of sp³-hybridized carbons (Fsp3) is 0.833. The molecule has 1 heterocycles. The summed E-state index contributed by atoms with van der Waals surface area (Å²) < 4.78 is 1.95. The molecule has 0 saturated heterocycles. The monoisotopic (exact) mass is 237 g/mol. The number of hydrogen-bond donors (Lipinski definition) is 1. The van der Waals surface area contributed by atoms with Gasteiger partial charge in [0.05, 0.1) is 6.54 Å². The maximum absolute atomic E-state index is 4.05. The van der Waals surface area contributed by atoms with Gasteiger partial charge in [0.25, 0.3) is 0 Å². The summed E-state index contributed by atoms with van der Waals surface area (Å²) in [4.78, 5) is 2.48. The van der Waals surface area contributed by atoms with Crippen molar-refractivity contribution in [2.75, 3.05) is 20.1 Å². The van der Waals surface area contributed by atoms with Crippen LogP contribution in [0.25, 0.3) is 0 Å². The van der Waals surface area contributed by atoms with Crippen LogP contribution in [0.4, 0.5) is 0 Å². The van der Waals surface area contributed by atoms with Gasteiger partial charge in [0.2, 0.25) is 0 Å². The van der Waals surface area contributed by atoms with Crippen molar-refractivity contribution < 1.29 is 0 Å². The molecule has 0 aromatic carbocycles. The van der Waals surface area contributed by atoms with Gasteiger partial charge >= 0.3 is 0 Å². The second-order valence-corrected chi connectivity index (χ2v) is 4.95. The molecule has 5 heteroatoms. The van der Waals surface area contributed by atoms with Crippen molar-refractivity contribution in [3.05, 3.63) is 12.2 Å². The number of likely N-dealkylation sites (N-methyl/N-ethyl adjacent to an activating group) is 1. The van der Waals surface area contributed by atoms with E-state index < -0.39 is 0 Å². The van der Waals surface area contributed by atoms with Gasteiger partial charge in [-0.2, -0.15) is 0 Å². The first-order chi connectivity index (χ1) is 8.27. The summed E-state index contributed by atoms with van der Waals surface area (Å²) in [5.41, 5.74) is 0. The lowest BCUT2D eigenvalue weighted by Crippen LogP contribution is -2.35. The highest BCUT2D eigenvalue weighted by Crippen LogP contribution is 2.21. The lowest BCUT2D eigenvalue weighted by atomic mass is 10.2. The molecule has 2 rings (SSSR count). The predicted octanol–water partition coefficient (Wildman–Crippen LogP) is 0.779. The molecular formula is C12H23N5. The minimum absolute atomic E-state index is 0.801. The summed E-state index contributed by atoms with van der Waals surface area (Å²) in [6.07, 6.45) is 7.30. The summed E-state index contributed by atoms with van der Waals surface area (Å²) in [5.74, 6) is 0.994. The van der Waals surface area contributed by atoms with Crippen LogP contribution in [0.3, 0.4) is 0 Å². The number of hydrogen-bond acceptors (Lipinski definition) is 4. The largest absolute Gasteiger partial charge is 0.320 e. The van der Waals surface area contributed by atoms with Gasteiger partial charge in [-0.25, -0.2) is 0 Å². The summed E-state index contributed by atoms with van der Waals surface area (Å²) in [5, 5.41) is 11.3. The Morgan fingerprint density at radius 1 is 1.47 bits per heavy atom. The van der Waals surface area contributed by atoms with E-state index in [2.05, 4.69) is 27.5 Å². The van der Waals surface area contributed by atoms with E-state index >= 15 is 0 Å². The summed E-state index contributed by atoms with van der Waals surface area (Å²) >= 11 is 0. The van der Waals surface area contributed by atoms with Crippen molar-refractivity contribution in [2.24, 2.45) is 7.05 Å². The third-order valence-corrected chi connectivity index (χ3v) is 3.68. The van der Waals surface area contributed by atoms with Gasteiger partial charge in [-0.1, -0.05) is 12.8 Å². The first kappa shape index (κ1) is 12.5. The summed E-state index contributed by atoms with van der Waals surface area (Å²) in [6, 6.07) is 0.812. The normalized spacial score (nSPS) is 17.1. The first-order valence-corrected chi connectivity index (χ1v) is 6.51. The Hall–Kier alpha value is -0.940. The van der Waals surface area contributed by atoms with Gasteiger partial charge in [-0.3, -0.25) is 0 Å². The zero-order chi connectivity index (χ0) is 12.1. The molecule has 0 spiro atoms. The Morgan fingerprint density at radius 2 is 2.24 bits per heavy atom. The molecule has 5 nitrogen and oxygen atoms in total. The SMILES string of the molecule is CN(CCNCc1nncn1C)C1CCCC1. The molecule has 1 aliphatic carbocycles. The minimum Gasteiger partial charge on any atom is -0.320 e. The van der Waals surface area contributed by atoms with E-state index in [1.54, 1.807) is 6.33 Å². The Bertz CT molecular complexity index is 329. The fourth-order valence-corrected chi connectivity index (χ4v) is 2.45. The van der Waals surface area contributed by atoms with Crippen molar-refractivity contribution in [3.63, 3.8) is 0 Å². The highest BCUT2D eigenvalue weighted by atomic mass is 15.3. The number of aryl methyl sites for hydroxylation is 1. The maximum Gasteiger partial charge on any atom is 0.146 e. The Kier molecular flexibility index (Phi) is 4.50. The molecule has 1 aliphatic rings. The number of rotatable bonds is 6. The van der Waals surface area contributed by atoms with Crippen LogP contribution in [0.2, 0.25) is 0 Å². The Morgan fingerprint density at radius 3 is 2.88 bits per heavy atom. The zero-order valence-corrected chi connectivity index (χ0v) is 10.9. The van der Waals surface area contributed by atoms with Crippen LogP contribution >= 0.6 is 0 Å². The minimum atomic E-state index is 0.801. The maximum atomic E-state index is 4.05. The first-order valence-electron chi connectivity index (χ1n) is 6.51. The van der Waals surface area contributed by atoms with Crippen LogP contribution in [-0.4, -0.2) is 45.8 Å². The predicted molar refractivity (Wildman–Crippen MR) is 67.6 cm³/mol. The van der Waals surface area contributed by atoms with E-state index in [0.717, 1.165) is 31.5 Å². The van der Waals surface area contributed by atoms with E-state index in [4.69, 9.17) is 0 Å². The molecule has 0 atom stereocenters. The van der Waals surface area contributed by atoms with Crippen LogP contribution in [-0.2, 0) is 13.6 Å². The van der Waals surface area contributed by atoms with Gasteiger partial charge in [0, 0.05) is 26.2 Å². The fourth-order valence-electron chi connectivity index (χ4n) is 2.45. The third-order valence-electron chi connectivity index (χ3n) is 3.68. The van der Waals surface area contributed by atoms with Crippen LogP contribution in [0.5, 0.6) is 0 Å². The molecule has 0 amide bonds. The van der Waals surface area contributed by atoms with Gasteiger partial charge in [0.15, 0.2) is 0 Å². The summed E-state index contributed by atoms with van der Waals surface area (Å²) in [7, 11) is 4.21. The molecule has 1 fully saturated rings. The lowest BCUT2D eigenvalue weighted by Gasteiger charge is -2.23. The standard InChI is InChI=1S/C12H23N5/c1-16(11-5-3-4-6-11)8-7-13-9-12-15-14-10-17(12)2/h10-11,13H,3-9H2,1-2H3. The highest BCUT2D eigenvalue weighted by Gasteiger charge is 2.18. The van der Waals surface area contributed by atoms with E-state index in [1.165, 1.54) is 25.7 Å². The number of aromatic nitrogens is 3. The Balaban J connectivity index is 1.61. The van der Waals surface area contributed by atoms with Crippen molar-refractivity contribution in [1.29, 1.82) is 0 Å². The quantitative estimate of drug-likeness (QED) is 0.743. The van der Waals surface area contributed by atoms with Crippen LogP contribution in [0.15, 0.2) is 6.33 Å². The van der Waals surface area contributed by atoms with Crippen molar-refractivity contribution in [2.45, 2.75) is 38.3 Å². The second-order valence-electron chi connectivity index (χ2n) is 4.95. The number of nitrogens with one attached hydrogen (secondary N) is 1. The third kappa shape index (κ3) is 3.51. The van der Waals surface area contributed by atoms with Gasteiger partial charge in [-0.15, -0.1) is 10.2 Å². The van der Waals surface area contributed by atoms with Crippen LogP contribution in [0, 0.1) is 0 Å². The molecule has 17 heavy (non-hydrogen) atoms. The molecule has 0 radical (unpaired) electrons. The van der Waals surface area contributed by atoms with Crippen molar-refractivity contribution in [3.8, 4) is 0 Å². The van der Waals surface area contributed by atoms with E-state index in [1.807, 2.05) is 11.6 Å². The molecule has 0 unspecified atom stereocenters. The molecular weight excluding hydrogens is 214 g/mol. The van der Waals surface area contributed by atoms with E-state index in [0.29, 0.717) is 0 Å². The zero-order valence-electron chi connectivity index (χ0n) is 10.9. The van der Waals surface area contributed by atoms with Gasteiger partial charge in [-0.05, 0) is 19.9 Å². The molecule has 96 valence electrons. The van der Waals surface area contributed by atoms with Crippen molar-refractivity contribution >= 4 is 0 Å². The molecule has 1 aromatic heterocycles. The smallest absolute Gasteiger partial charge is 0.146 e. The molecule has 0 aliphatic heterocycles. The van der Waals surface area contributed by atoms with Crippen LogP contribution < -0.4 is 5.32 Å². The van der Waals surface area contributed by atoms with E-state index in [-0.39, 0.29) is 0 Å². The molecule has 1 aromatic rings. The van der Waals surface area contributed by atoms with E-state index in [9.17, 15) is 0 Å². The highest BCUT2D eigenvalue weighted by molar-refractivity contribution is 4.83. The Labute approximate surface area is 103 Å². The lowest BCUT2D eigenvalue weighted by molar-refractivity contribution is 0.245. The molecule has 1 N–H and O–H groups in total. The van der Waals surface area contributed by atoms with Gasteiger partial charge < -0.3 is 14.8 Å².